The van der Waals surface area contributed by atoms with Crippen LogP contribution in [0.3, 0.4) is 0 Å². The van der Waals surface area contributed by atoms with E-state index in [9.17, 15) is 8.78 Å². The highest BCUT2D eigenvalue weighted by Gasteiger charge is 2.04. The number of benzene rings is 2. The summed E-state index contributed by atoms with van der Waals surface area (Å²) in [5.41, 5.74) is 0.999. The van der Waals surface area contributed by atoms with E-state index in [1.54, 1.807) is 24.3 Å². The maximum absolute atomic E-state index is 13.4. The van der Waals surface area contributed by atoms with Crippen LogP contribution in [0.4, 0.5) is 8.78 Å². The Hall–Kier alpha value is -2.43. The number of nitrogens with two attached hydrogens (primary N) is 1. The lowest BCUT2D eigenvalue weighted by Gasteiger charge is -2.07. The van der Waals surface area contributed by atoms with E-state index < -0.39 is 11.6 Å². The molecule has 2 aromatic carbocycles. The first-order valence-electron chi connectivity index (χ1n) is 5.59. The van der Waals surface area contributed by atoms with Crippen LogP contribution in [-0.4, -0.2) is 6.21 Å². The number of rotatable bonds is 4. The fourth-order valence-corrected chi connectivity index (χ4v) is 1.55. The molecule has 0 aliphatic heterocycles. The molecule has 5 heteroatoms. The standard InChI is InChI=1S/C14H12F2N2O/c15-12-3-6-14(16)11(7-12)9-19-13-4-1-10(2-5-13)8-18-17/h1-8H,9,17H2. The van der Waals surface area contributed by atoms with Gasteiger partial charge in [-0.25, -0.2) is 8.78 Å². The molecule has 0 bridgehead atoms. The molecular weight excluding hydrogens is 250 g/mol. The van der Waals surface area contributed by atoms with Crippen molar-refractivity contribution in [3.8, 4) is 5.75 Å². The molecule has 0 amide bonds. The maximum atomic E-state index is 13.4. The van der Waals surface area contributed by atoms with Crippen molar-refractivity contribution in [2.45, 2.75) is 6.61 Å². The first kappa shape index (κ1) is 13.0. The fraction of sp³-hybridized carbons (Fsp3) is 0.0714. The molecule has 0 spiro atoms. The van der Waals surface area contributed by atoms with Crippen molar-refractivity contribution in [3.05, 3.63) is 65.2 Å². The van der Waals surface area contributed by atoms with Gasteiger partial charge in [-0.05, 0) is 48.0 Å². The predicted octanol–water partition coefficient (Wildman–Crippen LogP) is 2.84. The normalized spacial score (nSPS) is 10.8. The monoisotopic (exact) mass is 262 g/mol. The Bertz CT molecular complexity index is 582. The van der Waals surface area contributed by atoms with Crippen LogP contribution in [0.15, 0.2) is 47.6 Å². The highest BCUT2D eigenvalue weighted by Crippen LogP contribution is 2.16. The molecule has 0 atom stereocenters. The zero-order valence-corrected chi connectivity index (χ0v) is 10.0. The third-order valence-electron chi connectivity index (χ3n) is 2.51. The second-order valence-corrected chi connectivity index (χ2v) is 3.87. The summed E-state index contributed by atoms with van der Waals surface area (Å²) >= 11 is 0. The zero-order chi connectivity index (χ0) is 13.7. The van der Waals surface area contributed by atoms with E-state index in [0.29, 0.717) is 5.75 Å². The van der Waals surface area contributed by atoms with Crippen molar-refractivity contribution in [1.82, 2.24) is 0 Å². The Morgan fingerprint density at radius 2 is 1.84 bits per heavy atom. The lowest BCUT2D eigenvalue weighted by Crippen LogP contribution is -1.99. The molecule has 0 fully saturated rings. The highest BCUT2D eigenvalue weighted by molar-refractivity contribution is 5.79. The van der Waals surface area contributed by atoms with E-state index in [1.807, 2.05) is 0 Å². The molecule has 0 heterocycles. The molecule has 2 aromatic rings. The number of hydrogen-bond donors (Lipinski definition) is 1. The maximum Gasteiger partial charge on any atom is 0.130 e. The first-order chi connectivity index (χ1) is 9.19. The number of halogens is 2. The van der Waals surface area contributed by atoms with Crippen molar-refractivity contribution >= 4 is 6.21 Å². The van der Waals surface area contributed by atoms with Gasteiger partial charge in [-0.3, -0.25) is 0 Å². The quantitative estimate of drug-likeness (QED) is 0.523. The molecule has 0 radical (unpaired) electrons. The average Bonchev–Trinajstić information content (AvgIpc) is 2.42. The summed E-state index contributed by atoms with van der Waals surface area (Å²) in [5, 5.41) is 3.39. The summed E-state index contributed by atoms with van der Waals surface area (Å²) in [5.74, 6) is 4.60. The van der Waals surface area contributed by atoms with Gasteiger partial charge in [0.1, 0.15) is 24.0 Å². The summed E-state index contributed by atoms with van der Waals surface area (Å²) in [6.45, 7) is -0.0338. The van der Waals surface area contributed by atoms with Crippen LogP contribution in [0.5, 0.6) is 5.75 Å². The van der Waals surface area contributed by atoms with Crippen LogP contribution in [0.2, 0.25) is 0 Å². The highest BCUT2D eigenvalue weighted by atomic mass is 19.1. The predicted molar refractivity (Wildman–Crippen MR) is 68.9 cm³/mol. The SMILES string of the molecule is NN=Cc1ccc(OCc2cc(F)ccc2F)cc1. The van der Waals surface area contributed by atoms with Crippen LogP contribution >= 0.6 is 0 Å². The Morgan fingerprint density at radius 1 is 1.11 bits per heavy atom. The molecule has 0 saturated heterocycles. The van der Waals surface area contributed by atoms with Gasteiger partial charge < -0.3 is 10.6 Å². The number of hydrazone groups is 1. The second-order valence-electron chi connectivity index (χ2n) is 3.87. The van der Waals surface area contributed by atoms with E-state index in [0.717, 1.165) is 23.8 Å². The zero-order valence-electron chi connectivity index (χ0n) is 10.0. The Kier molecular flexibility index (Phi) is 4.07. The Labute approximate surface area is 109 Å². The van der Waals surface area contributed by atoms with Gasteiger partial charge in [-0.1, -0.05) is 0 Å². The summed E-state index contributed by atoms with van der Waals surface area (Å²) in [6, 6.07) is 10.2. The third kappa shape index (κ3) is 3.51. The minimum atomic E-state index is -0.492. The molecule has 0 unspecified atom stereocenters. The minimum Gasteiger partial charge on any atom is -0.489 e. The average molecular weight is 262 g/mol. The van der Waals surface area contributed by atoms with E-state index in [2.05, 4.69) is 5.10 Å². The van der Waals surface area contributed by atoms with Gasteiger partial charge in [0.2, 0.25) is 0 Å². The summed E-state index contributed by atoms with van der Waals surface area (Å²) in [6.07, 6.45) is 1.50. The smallest absolute Gasteiger partial charge is 0.130 e. The van der Waals surface area contributed by atoms with E-state index in [4.69, 9.17) is 10.6 Å². The number of hydrogen-bond acceptors (Lipinski definition) is 3. The third-order valence-corrected chi connectivity index (χ3v) is 2.51. The molecule has 2 rings (SSSR count). The lowest BCUT2D eigenvalue weighted by atomic mass is 10.2. The number of ether oxygens (including phenoxy) is 1. The van der Waals surface area contributed by atoms with Crippen LogP contribution in [0.25, 0.3) is 0 Å². The van der Waals surface area contributed by atoms with Crippen LogP contribution < -0.4 is 10.6 Å². The largest absolute Gasteiger partial charge is 0.489 e. The van der Waals surface area contributed by atoms with Gasteiger partial charge in [0, 0.05) is 5.56 Å². The van der Waals surface area contributed by atoms with Gasteiger partial charge >= 0.3 is 0 Å². The van der Waals surface area contributed by atoms with Crippen LogP contribution in [-0.2, 0) is 6.61 Å². The Balaban J connectivity index is 2.04. The van der Waals surface area contributed by atoms with Gasteiger partial charge in [-0.15, -0.1) is 0 Å². The van der Waals surface area contributed by atoms with Gasteiger partial charge in [0.15, 0.2) is 0 Å². The topological polar surface area (TPSA) is 47.6 Å². The molecule has 3 nitrogen and oxygen atoms in total. The van der Waals surface area contributed by atoms with Crippen molar-refractivity contribution in [1.29, 1.82) is 0 Å². The van der Waals surface area contributed by atoms with Crippen LogP contribution in [0, 0.1) is 11.6 Å². The summed E-state index contributed by atoms with van der Waals surface area (Å²) in [4.78, 5) is 0. The number of nitrogens with zero attached hydrogens (tertiary/aromatic N) is 1. The van der Waals surface area contributed by atoms with Crippen molar-refractivity contribution < 1.29 is 13.5 Å². The van der Waals surface area contributed by atoms with Crippen molar-refractivity contribution in [2.75, 3.05) is 0 Å². The van der Waals surface area contributed by atoms with Crippen LogP contribution in [0.1, 0.15) is 11.1 Å². The lowest BCUT2D eigenvalue weighted by molar-refractivity contribution is 0.299. The molecule has 2 N–H and O–H groups in total. The van der Waals surface area contributed by atoms with Crippen molar-refractivity contribution in [3.63, 3.8) is 0 Å². The van der Waals surface area contributed by atoms with Crippen molar-refractivity contribution in [2.24, 2.45) is 10.9 Å². The van der Waals surface area contributed by atoms with E-state index in [1.165, 1.54) is 6.21 Å². The molecule has 0 saturated carbocycles. The minimum absolute atomic E-state index is 0.0338. The van der Waals surface area contributed by atoms with E-state index >= 15 is 0 Å². The van der Waals surface area contributed by atoms with Gasteiger partial charge in [-0.2, -0.15) is 5.10 Å². The molecule has 0 aliphatic rings. The van der Waals surface area contributed by atoms with E-state index in [-0.39, 0.29) is 12.2 Å². The summed E-state index contributed by atoms with van der Waals surface area (Å²) < 4.78 is 31.7. The second kappa shape index (κ2) is 5.95. The van der Waals surface area contributed by atoms with Gasteiger partial charge in [0.05, 0.1) is 6.21 Å². The molecule has 0 aliphatic carbocycles. The molecule has 98 valence electrons. The molecule has 19 heavy (non-hydrogen) atoms. The molecular formula is C14H12F2N2O. The Morgan fingerprint density at radius 3 is 2.53 bits per heavy atom. The first-order valence-corrected chi connectivity index (χ1v) is 5.59. The fourth-order valence-electron chi connectivity index (χ4n) is 1.55. The van der Waals surface area contributed by atoms with Gasteiger partial charge in [0.25, 0.3) is 0 Å². The molecule has 0 aromatic heterocycles. The summed E-state index contributed by atoms with van der Waals surface area (Å²) in [7, 11) is 0.